The van der Waals surface area contributed by atoms with Crippen LogP contribution in [0.15, 0.2) is 30.6 Å². The molecule has 4 N–H and O–H groups in total. The van der Waals surface area contributed by atoms with Crippen molar-refractivity contribution in [3.63, 3.8) is 0 Å². The van der Waals surface area contributed by atoms with Crippen molar-refractivity contribution in [1.82, 2.24) is 15.0 Å². The highest BCUT2D eigenvalue weighted by Crippen LogP contribution is 2.31. The normalized spacial score (nSPS) is 12.9. The van der Waals surface area contributed by atoms with Gasteiger partial charge in [-0.05, 0) is 48.9 Å². The average molecular weight is 393 g/mol. The number of amidine groups is 1. The summed E-state index contributed by atoms with van der Waals surface area (Å²) in [4.78, 5) is 14.4. The molecule has 1 unspecified atom stereocenters. The standard InChI is InChI=1S/C23H32N6/c1-7-15-11-16(29(6)21(25)19(24)12-23(3,4)5)13-27-20(15)17-8-9-26-22-18(17)10-14(2)28-22/h8-11,13,19,25H,7,12,24H2,1-6H3,(H,26,28). The number of anilines is 1. The van der Waals surface area contributed by atoms with Gasteiger partial charge < -0.3 is 15.6 Å². The molecule has 3 aromatic heterocycles. The van der Waals surface area contributed by atoms with Crippen molar-refractivity contribution in [2.75, 3.05) is 11.9 Å². The summed E-state index contributed by atoms with van der Waals surface area (Å²) in [5.74, 6) is 0.407. The lowest BCUT2D eigenvalue weighted by atomic mass is 9.88. The van der Waals surface area contributed by atoms with Gasteiger partial charge in [-0.3, -0.25) is 10.4 Å². The number of nitrogens with one attached hydrogen (secondary N) is 2. The molecule has 0 saturated carbocycles. The molecule has 0 saturated heterocycles. The fourth-order valence-corrected chi connectivity index (χ4v) is 3.70. The van der Waals surface area contributed by atoms with Crippen molar-refractivity contribution in [2.45, 2.75) is 53.5 Å². The lowest BCUT2D eigenvalue weighted by Crippen LogP contribution is -2.43. The number of rotatable bonds is 5. The number of aryl methyl sites for hydroxylation is 2. The Balaban J connectivity index is 1.95. The summed E-state index contributed by atoms with van der Waals surface area (Å²) in [6, 6.07) is 5.93. The van der Waals surface area contributed by atoms with Crippen molar-refractivity contribution in [3.8, 4) is 11.3 Å². The average Bonchev–Trinajstić information content (AvgIpc) is 3.05. The summed E-state index contributed by atoms with van der Waals surface area (Å²) in [5, 5.41) is 9.61. The second kappa shape index (κ2) is 7.95. The molecule has 0 aliphatic rings. The van der Waals surface area contributed by atoms with Gasteiger partial charge in [-0.15, -0.1) is 0 Å². The predicted octanol–water partition coefficient (Wildman–Crippen LogP) is 4.67. The van der Waals surface area contributed by atoms with Gasteiger partial charge in [0.2, 0.25) is 0 Å². The number of pyridine rings is 2. The minimum atomic E-state index is -0.313. The SMILES string of the molecule is CCc1cc(N(C)C(=N)C(N)CC(C)(C)C)cnc1-c1ccnc2[nH]c(C)cc12. The van der Waals surface area contributed by atoms with E-state index in [9.17, 15) is 0 Å². The minimum Gasteiger partial charge on any atom is -0.344 e. The zero-order valence-electron chi connectivity index (χ0n) is 18.3. The molecule has 3 aromatic rings. The molecule has 3 rings (SSSR count). The van der Waals surface area contributed by atoms with Gasteiger partial charge in [-0.25, -0.2) is 4.98 Å². The molecule has 0 bridgehead atoms. The predicted molar refractivity (Wildman–Crippen MR) is 122 cm³/mol. The van der Waals surface area contributed by atoms with E-state index < -0.39 is 0 Å². The summed E-state index contributed by atoms with van der Waals surface area (Å²) >= 11 is 0. The first kappa shape index (κ1) is 21.0. The zero-order valence-corrected chi connectivity index (χ0v) is 18.3. The van der Waals surface area contributed by atoms with Crippen molar-refractivity contribution < 1.29 is 0 Å². The second-order valence-electron chi connectivity index (χ2n) is 8.94. The first-order valence-corrected chi connectivity index (χ1v) is 10.1. The van der Waals surface area contributed by atoms with Gasteiger partial charge in [0.25, 0.3) is 0 Å². The number of hydrogen-bond donors (Lipinski definition) is 3. The number of H-pyrrole nitrogens is 1. The zero-order chi connectivity index (χ0) is 21.3. The first-order chi connectivity index (χ1) is 13.6. The summed E-state index contributed by atoms with van der Waals surface area (Å²) in [6.45, 7) is 10.6. The van der Waals surface area contributed by atoms with Gasteiger partial charge in [0, 0.05) is 29.9 Å². The third-order valence-electron chi connectivity index (χ3n) is 5.19. The molecule has 154 valence electrons. The van der Waals surface area contributed by atoms with Crippen LogP contribution >= 0.6 is 0 Å². The number of hydrogen-bond acceptors (Lipinski definition) is 4. The monoisotopic (exact) mass is 392 g/mol. The molecule has 1 atom stereocenters. The van der Waals surface area contributed by atoms with Crippen LogP contribution in [0.3, 0.4) is 0 Å². The molecule has 29 heavy (non-hydrogen) atoms. The molecule has 0 radical (unpaired) electrons. The Morgan fingerprint density at radius 3 is 2.66 bits per heavy atom. The third kappa shape index (κ3) is 4.48. The fourth-order valence-electron chi connectivity index (χ4n) is 3.70. The Bertz CT molecular complexity index is 1030. The van der Waals surface area contributed by atoms with Crippen LogP contribution in [-0.2, 0) is 6.42 Å². The number of fused-ring (bicyclic) bond motifs is 1. The van der Waals surface area contributed by atoms with Crippen molar-refractivity contribution in [2.24, 2.45) is 11.1 Å². The van der Waals surface area contributed by atoms with Crippen molar-refractivity contribution in [1.29, 1.82) is 5.41 Å². The van der Waals surface area contributed by atoms with Gasteiger partial charge in [0.1, 0.15) is 11.5 Å². The Morgan fingerprint density at radius 1 is 1.28 bits per heavy atom. The molecule has 0 fully saturated rings. The highest BCUT2D eigenvalue weighted by atomic mass is 15.2. The highest BCUT2D eigenvalue weighted by Gasteiger charge is 2.22. The molecule has 0 spiro atoms. The van der Waals surface area contributed by atoms with E-state index in [4.69, 9.17) is 16.1 Å². The summed E-state index contributed by atoms with van der Waals surface area (Å²) in [5.41, 5.74) is 12.4. The van der Waals surface area contributed by atoms with E-state index in [0.29, 0.717) is 5.84 Å². The van der Waals surface area contributed by atoms with Crippen LogP contribution in [0.25, 0.3) is 22.3 Å². The van der Waals surface area contributed by atoms with Crippen LogP contribution in [0.5, 0.6) is 0 Å². The molecule has 0 amide bonds. The van der Waals surface area contributed by atoms with Crippen LogP contribution in [0.1, 0.15) is 45.4 Å². The van der Waals surface area contributed by atoms with E-state index >= 15 is 0 Å². The fraction of sp³-hybridized carbons (Fsp3) is 0.435. The quantitative estimate of drug-likeness (QED) is 0.434. The number of nitrogens with zero attached hydrogens (tertiary/aromatic N) is 3. The molecule has 0 aromatic carbocycles. The molecule has 6 nitrogen and oxygen atoms in total. The maximum Gasteiger partial charge on any atom is 0.138 e. The topological polar surface area (TPSA) is 94.7 Å². The summed E-state index contributed by atoms with van der Waals surface area (Å²) < 4.78 is 0. The Hall–Kier alpha value is -2.73. The van der Waals surface area contributed by atoms with E-state index in [1.54, 1.807) is 0 Å². The van der Waals surface area contributed by atoms with Gasteiger partial charge in [0.15, 0.2) is 0 Å². The first-order valence-electron chi connectivity index (χ1n) is 10.1. The highest BCUT2D eigenvalue weighted by molar-refractivity contribution is 5.99. The van der Waals surface area contributed by atoms with E-state index in [0.717, 1.165) is 52.1 Å². The van der Waals surface area contributed by atoms with Crippen LogP contribution in [0, 0.1) is 17.7 Å². The van der Waals surface area contributed by atoms with Crippen LogP contribution in [-0.4, -0.2) is 33.9 Å². The molecule has 0 aliphatic heterocycles. The minimum absolute atomic E-state index is 0.0741. The van der Waals surface area contributed by atoms with Gasteiger partial charge in [-0.2, -0.15) is 0 Å². The molecule has 6 heteroatoms. The summed E-state index contributed by atoms with van der Waals surface area (Å²) in [7, 11) is 1.89. The lowest BCUT2D eigenvalue weighted by molar-refractivity contribution is 0.366. The van der Waals surface area contributed by atoms with E-state index in [1.165, 1.54) is 0 Å². The number of likely N-dealkylation sites (N-methyl/N-ethyl adjacent to an activating group) is 1. The van der Waals surface area contributed by atoms with Crippen molar-refractivity contribution >= 4 is 22.6 Å². The second-order valence-corrected chi connectivity index (χ2v) is 8.94. The largest absolute Gasteiger partial charge is 0.344 e. The van der Waals surface area contributed by atoms with E-state index in [-0.39, 0.29) is 11.5 Å². The van der Waals surface area contributed by atoms with Crippen LogP contribution < -0.4 is 10.6 Å². The van der Waals surface area contributed by atoms with Gasteiger partial charge >= 0.3 is 0 Å². The molecular weight excluding hydrogens is 360 g/mol. The Morgan fingerprint density at radius 2 is 2.00 bits per heavy atom. The van der Waals surface area contributed by atoms with Gasteiger partial charge in [-0.1, -0.05) is 27.7 Å². The smallest absolute Gasteiger partial charge is 0.138 e. The molecule has 3 heterocycles. The molecular formula is C23H32N6. The number of aromatic amines is 1. The van der Waals surface area contributed by atoms with Crippen LogP contribution in [0.4, 0.5) is 5.69 Å². The Kier molecular flexibility index (Phi) is 5.75. The van der Waals surface area contributed by atoms with Crippen molar-refractivity contribution in [3.05, 3.63) is 41.9 Å². The Labute approximate surface area is 173 Å². The summed E-state index contributed by atoms with van der Waals surface area (Å²) in [6.07, 6.45) is 5.25. The maximum absolute atomic E-state index is 8.53. The number of aromatic nitrogens is 3. The van der Waals surface area contributed by atoms with E-state index in [1.807, 2.05) is 37.3 Å². The maximum atomic E-state index is 8.53. The molecule has 0 aliphatic carbocycles. The van der Waals surface area contributed by atoms with Crippen LogP contribution in [0.2, 0.25) is 0 Å². The lowest BCUT2D eigenvalue weighted by Gasteiger charge is -2.29. The van der Waals surface area contributed by atoms with E-state index in [2.05, 4.69) is 49.8 Å². The van der Waals surface area contributed by atoms with Gasteiger partial charge in [0.05, 0.1) is 23.6 Å². The number of nitrogens with two attached hydrogens (primary N) is 1. The third-order valence-corrected chi connectivity index (χ3v) is 5.19.